The summed E-state index contributed by atoms with van der Waals surface area (Å²) < 4.78 is 17.6. The minimum atomic E-state index is -0.906. The molecule has 0 saturated heterocycles. The quantitative estimate of drug-likeness (QED) is 0.448. The third-order valence-corrected chi connectivity index (χ3v) is 2.24. The standard InChI is InChI=1S/C10H10FNO4/c1-6-7(5-9(13)16-2)3-4-8(11)10(6)12(14)15/h3-4H,5H2,1-2H3. The van der Waals surface area contributed by atoms with Crippen LogP contribution in [0.25, 0.3) is 0 Å². The summed E-state index contributed by atoms with van der Waals surface area (Å²) >= 11 is 0. The van der Waals surface area contributed by atoms with Crippen molar-refractivity contribution in [3.8, 4) is 0 Å². The number of esters is 1. The first-order chi connectivity index (χ1) is 7.47. The predicted molar refractivity (Wildman–Crippen MR) is 53.5 cm³/mol. The molecule has 0 saturated carbocycles. The van der Waals surface area contributed by atoms with E-state index in [0.29, 0.717) is 5.56 Å². The number of halogens is 1. The number of hydrogen-bond acceptors (Lipinski definition) is 4. The molecule has 0 aromatic heterocycles. The van der Waals surface area contributed by atoms with Gasteiger partial charge in [0.05, 0.1) is 18.5 Å². The van der Waals surface area contributed by atoms with Crippen LogP contribution in [0.2, 0.25) is 0 Å². The van der Waals surface area contributed by atoms with Gasteiger partial charge >= 0.3 is 11.7 Å². The maximum Gasteiger partial charge on any atom is 0.309 e. The molecule has 5 nitrogen and oxygen atoms in total. The maximum atomic E-state index is 13.1. The molecule has 0 aliphatic carbocycles. The second-order valence-corrected chi connectivity index (χ2v) is 3.19. The Hall–Kier alpha value is -1.98. The first-order valence-corrected chi connectivity index (χ1v) is 4.46. The zero-order valence-electron chi connectivity index (χ0n) is 8.82. The van der Waals surface area contributed by atoms with E-state index >= 15 is 0 Å². The number of nitro groups is 1. The Labute approximate surface area is 91.0 Å². The summed E-state index contributed by atoms with van der Waals surface area (Å²) in [6, 6.07) is 2.32. The van der Waals surface area contributed by atoms with Crippen LogP contribution in [0, 0.1) is 22.9 Å². The second-order valence-electron chi connectivity index (χ2n) is 3.19. The second kappa shape index (κ2) is 4.69. The van der Waals surface area contributed by atoms with Gasteiger partial charge in [-0.2, -0.15) is 4.39 Å². The van der Waals surface area contributed by atoms with Crippen molar-refractivity contribution in [2.24, 2.45) is 0 Å². The molecule has 0 fully saturated rings. The molecule has 0 amide bonds. The van der Waals surface area contributed by atoms with Gasteiger partial charge in [0, 0.05) is 5.56 Å². The normalized spacial score (nSPS) is 9.94. The first kappa shape index (κ1) is 12.1. The minimum Gasteiger partial charge on any atom is -0.469 e. The van der Waals surface area contributed by atoms with Crippen molar-refractivity contribution in [1.82, 2.24) is 0 Å². The Morgan fingerprint density at radius 2 is 2.19 bits per heavy atom. The van der Waals surface area contributed by atoms with Crippen LogP contribution < -0.4 is 0 Å². The number of hydrogen-bond donors (Lipinski definition) is 0. The summed E-state index contributed by atoms with van der Waals surface area (Å²) in [7, 11) is 1.22. The summed E-state index contributed by atoms with van der Waals surface area (Å²) in [5, 5.41) is 10.6. The number of methoxy groups -OCH3 is 1. The molecule has 0 radical (unpaired) electrons. The monoisotopic (exact) mass is 227 g/mol. The molecule has 0 unspecified atom stereocenters. The molecular weight excluding hydrogens is 217 g/mol. The van der Waals surface area contributed by atoms with Crippen molar-refractivity contribution in [3.05, 3.63) is 39.2 Å². The Morgan fingerprint density at radius 3 is 2.69 bits per heavy atom. The number of nitro benzene ring substituents is 1. The van der Waals surface area contributed by atoms with E-state index in [9.17, 15) is 19.3 Å². The average molecular weight is 227 g/mol. The summed E-state index contributed by atoms with van der Waals surface area (Å²) in [6.07, 6.45) is -0.108. The summed E-state index contributed by atoms with van der Waals surface area (Å²) in [5.74, 6) is -1.43. The molecule has 0 spiro atoms. The van der Waals surface area contributed by atoms with Crippen molar-refractivity contribution in [2.45, 2.75) is 13.3 Å². The van der Waals surface area contributed by atoms with Crippen LogP contribution in [0.4, 0.5) is 10.1 Å². The van der Waals surface area contributed by atoms with E-state index in [1.165, 1.54) is 20.1 Å². The van der Waals surface area contributed by atoms with Gasteiger partial charge in [-0.25, -0.2) is 0 Å². The zero-order valence-corrected chi connectivity index (χ0v) is 8.82. The third-order valence-electron chi connectivity index (χ3n) is 2.24. The molecule has 86 valence electrons. The highest BCUT2D eigenvalue weighted by molar-refractivity contribution is 5.73. The first-order valence-electron chi connectivity index (χ1n) is 4.46. The van der Waals surface area contributed by atoms with Gasteiger partial charge in [-0.1, -0.05) is 6.07 Å². The van der Waals surface area contributed by atoms with Gasteiger partial charge in [0.25, 0.3) is 0 Å². The Kier molecular flexibility index (Phi) is 3.55. The van der Waals surface area contributed by atoms with E-state index in [0.717, 1.165) is 6.07 Å². The Balaban J connectivity index is 3.18. The van der Waals surface area contributed by atoms with Gasteiger partial charge in [-0.3, -0.25) is 14.9 Å². The molecule has 0 aliphatic heterocycles. The third kappa shape index (κ3) is 2.33. The highest BCUT2D eigenvalue weighted by Gasteiger charge is 2.21. The number of rotatable bonds is 3. The van der Waals surface area contributed by atoms with Crippen LogP contribution in [0.15, 0.2) is 12.1 Å². The average Bonchev–Trinajstić information content (AvgIpc) is 2.21. The fraction of sp³-hybridized carbons (Fsp3) is 0.300. The fourth-order valence-corrected chi connectivity index (χ4v) is 1.35. The molecule has 1 aromatic carbocycles. The molecule has 0 atom stereocenters. The lowest BCUT2D eigenvalue weighted by Crippen LogP contribution is -2.07. The molecular formula is C10H10FNO4. The molecule has 0 heterocycles. The smallest absolute Gasteiger partial charge is 0.309 e. The SMILES string of the molecule is COC(=O)Cc1ccc(F)c([N+](=O)[O-])c1C. The van der Waals surface area contributed by atoms with Crippen molar-refractivity contribution in [1.29, 1.82) is 0 Å². The topological polar surface area (TPSA) is 69.4 Å². The van der Waals surface area contributed by atoms with Crippen LogP contribution in [-0.4, -0.2) is 18.0 Å². The van der Waals surface area contributed by atoms with E-state index in [1.54, 1.807) is 0 Å². The fourth-order valence-electron chi connectivity index (χ4n) is 1.35. The lowest BCUT2D eigenvalue weighted by molar-refractivity contribution is -0.388. The Bertz CT molecular complexity index is 445. The number of carbonyl (C=O) groups is 1. The molecule has 0 bridgehead atoms. The van der Waals surface area contributed by atoms with Gasteiger partial charge in [-0.15, -0.1) is 0 Å². The predicted octanol–water partition coefficient (Wildman–Crippen LogP) is 1.76. The lowest BCUT2D eigenvalue weighted by atomic mass is 10.0. The zero-order chi connectivity index (χ0) is 12.3. The van der Waals surface area contributed by atoms with Gasteiger partial charge < -0.3 is 4.74 Å². The highest BCUT2D eigenvalue weighted by Crippen LogP contribution is 2.25. The van der Waals surface area contributed by atoms with Gasteiger partial charge in [0.15, 0.2) is 0 Å². The lowest BCUT2D eigenvalue weighted by Gasteiger charge is -2.05. The van der Waals surface area contributed by atoms with E-state index in [4.69, 9.17) is 0 Å². The minimum absolute atomic E-state index is 0.108. The van der Waals surface area contributed by atoms with Crippen molar-refractivity contribution in [2.75, 3.05) is 7.11 Å². The maximum absolute atomic E-state index is 13.1. The van der Waals surface area contributed by atoms with Crippen molar-refractivity contribution >= 4 is 11.7 Å². The van der Waals surface area contributed by atoms with Crippen LogP contribution in [0.3, 0.4) is 0 Å². The molecule has 1 rings (SSSR count). The van der Waals surface area contributed by atoms with Crippen LogP contribution >= 0.6 is 0 Å². The van der Waals surface area contributed by atoms with Crippen molar-refractivity contribution in [3.63, 3.8) is 0 Å². The summed E-state index contributed by atoms with van der Waals surface area (Å²) in [4.78, 5) is 20.8. The largest absolute Gasteiger partial charge is 0.469 e. The summed E-state index contributed by atoms with van der Waals surface area (Å²) in [5.41, 5.74) is -0.0586. The van der Waals surface area contributed by atoms with E-state index in [2.05, 4.69) is 4.74 Å². The van der Waals surface area contributed by atoms with Crippen LogP contribution in [-0.2, 0) is 16.0 Å². The van der Waals surface area contributed by atoms with Crippen LogP contribution in [0.5, 0.6) is 0 Å². The van der Waals surface area contributed by atoms with Crippen molar-refractivity contribution < 1.29 is 18.8 Å². The molecule has 0 aliphatic rings. The molecule has 0 N–H and O–H groups in total. The summed E-state index contributed by atoms with van der Waals surface area (Å²) in [6.45, 7) is 1.40. The molecule has 6 heteroatoms. The highest BCUT2D eigenvalue weighted by atomic mass is 19.1. The van der Waals surface area contributed by atoms with E-state index in [1.807, 2.05) is 0 Å². The van der Waals surface area contributed by atoms with E-state index < -0.39 is 22.4 Å². The number of nitrogens with zero attached hydrogens (tertiary/aromatic N) is 1. The molecule has 1 aromatic rings. The van der Waals surface area contributed by atoms with Crippen LogP contribution in [0.1, 0.15) is 11.1 Å². The van der Waals surface area contributed by atoms with Gasteiger partial charge in [-0.05, 0) is 18.6 Å². The van der Waals surface area contributed by atoms with Gasteiger partial charge in [0.2, 0.25) is 5.82 Å². The van der Waals surface area contributed by atoms with E-state index in [-0.39, 0.29) is 12.0 Å². The van der Waals surface area contributed by atoms with Gasteiger partial charge in [0.1, 0.15) is 0 Å². The number of carbonyl (C=O) groups excluding carboxylic acids is 1. The Morgan fingerprint density at radius 1 is 1.56 bits per heavy atom. The molecule has 16 heavy (non-hydrogen) atoms. The number of benzene rings is 1. The number of ether oxygens (including phenoxy) is 1.